The van der Waals surface area contributed by atoms with Gasteiger partial charge in [-0.1, -0.05) is 6.07 Å². The molecule has 2 aromatic rings. The molecule has 96 valence electrons. The number of nitrogens with one attached hydrogen (secondary N) is 1. The lowest BCUT2D eigenvalue weighted by molar-refractivity contribution is 0.545. The summed E-state index contributed by atoms with van der Waals surface area (Å²) in [5.41, 5.74) is 0.890. The molecular formula is C12H14BrFN4. The van der Waals surface area contributed by atoms with E-state index >= 15 is 0 Å². The molecule has 1 atom stereocenters. The highest BCUT2D eigenvalue weighted by molar-refractivity contribution is 9.10. The Labute approximate surface area is 113 Å². The summed E-state index contributed by atoms with van der Waals surface area (Å²) in [5.74, 6) is 0.600. The van der Waals surface area contributed by atoms with Gasteiger partial charge in [0.2, 0.25) is 0 Å². The van der Waals surface area contributed by atoms with Gasteiger partial charge in [-0.3, -0.25) is 4.68 Å². The van der Waals surface area contributed by atoms with Crippen molar-refractivity contribution in [3.8, 4) is 0 Å². The smallest absolute Gasteiger partial charge is 0.138 e. The van der Waals surface area contributed by atoms with E-state index in [1.54, 1.807) is 10.7 Å². The molecule has 4 nitrogen and oxygen atoms in total. The summed E-state index contributed by atoms with van der Waals surface area (Å²) in [7, 11) is 3.69. The number of nitrogens with zero attached hydrogens (tertiary/aromatic N) is 3. The monoisotopic (exact) mass is 312 g/mol. The lowest BCUT2D eigenvalue weighted by Crippen LogP contribution is -2.20. The first-order chi connectivity index (χ1) is 8.61. The fourth-order valence-corrected chi connectivity index (χ4v) is 2.05. The highest BCUT2D eigenvalue weighted by atomic mass is 79.9. The Kier molecular flexibility index (Phi) is 4.08. The van der Waals surface area contributed by atoms with E-state index in [-0.39, 0.29) is 11.9 Å². The van der Waals surface area contributed by atoms with Crippen LogP contribution in [0, 0.1) is 5.82 Å². The average Bonchev–Trinajstić information content (AvgIpc) is 2.75. The SMILES string of the molecule is CNC(Cc1ncnn1C)c1ccc(Br)c(F)c1. The van der Waals surface area contributed by atoms with Crippen molar-refractivity contribution in [1.82, 2.24) is 20.1 Å². The van der Waals surface area contributed by atoms with Gasteiger partial charge in [-0.05, 0) is 40.7 Å². The number of aromatic nitrogens is 3. The van der Waals surface area contributed by atoms with Crippen molar-refractivity contribution in [3.63, 3.8) is 0 Å². The topological polar surface area (TPSA) is 42.7 Å². The minimum atomic E-state index is -0.259. The van der Waals surface area contributed by atoms with Gasteiger partial charge < -0.3 is 5.32 Å². The first-order valence-electron chi connectivity index (χ1n) is 5.57. The van der Waals surface area contributed by atoms with Crippen LogP contribution in [-0.2, 0) is 13.5 Å². The molecule has 0 radical (unpaired) electrons. The van der Waals surface area contributed by atoms with Crippen LogP contribution in [0.4, 0.5) is 4.39 Å². The van der Waals surface area contributed by atoms with Crippen LogP contribution in [0.1, 0.15) is 17.4 Å². The summed E-state index contributed by atoms with van der Waals surface area (Å²) in [4.78, 5) is 4.18. The van der Waals surface area contributed by atoms with Crippen molar-refractivity contribution in [2.45, 2.75) is 12.5 Å². The van der Waals surface area contributed by atoms with Gasteiger partial charge in [0.05, 0.1) is 4.47 Å². The third-order valence-corrected chi connectivity index (χ3v) is 3.53. The van der Waals surface area contributed by atoms with Gasteiger partial charge in [-0.15, -0.1) is 0 Å². The molecule has 1 N–H and O–H groups in total. The Hall–Kier alpha value is -1.27. The highest BCUT2D eigenvalue weighted by Gasteiger charge is 2.14. The second-order valence-electron chi connectivity index (χ2n) is 4.02. The molecule has 0 saturated carbocycles. The lowest BCUT2D eigenvalue weighted by atomic mass is 10.0. The van der Waals surface area contributed by atoms with Gasteiger partial charge in [-0.2, -0.15) is 5.10 Å². The van der Waals surface area contributed by atoms with Crippen LogP contribution in [0.2, 0.25) is 0 Å². The van der Waals surface area contributed by atoms with E-state index in [2.05, 4.69) is 31.3 Å². The Morgan fingerprint density at radius 2 is 2.28 bits per heavy atom. The minimum Gasteiger partial charge on any atom is -0.313 e. The van der Waals surface area contributed by atoms with Gasteiger partial charge in [0.1, 0.15) is 18.0 Å². The number of halogens is 2. The number of likely N-dealkylation sites (N-methyl/N-ethyl adjacent to an activating group) is 1. The summed E-state index contributed by atoms with van der Waals surface area (Å²) in [5, 5.41) is 7.19. The third kappa shape index (κ3) is 2.76. The van der Waals surface area contributed by atoms with Gasteiger partial charge in [0.25, 0.3) is 0 Å². The Bertz CT molecular complexity index is 541. The quantitative estimate of drug-likeness (QED) is 0.941. The second kappa shape index (κ2) is 5.58. The Balaban J connectivity index is 2.23. The van der Waals surface area contributed by atoms with Crippen molar-refractivity contribution < 1.29 is 4.39 Å². The first kappa shape index (κ1) is 13.2. The van der Waals surface area contributed by atoms with E-state index < -0.39 is 0 Å². The molecule has 0 bridgehead atoms. The standard InChI is InChI=1S/C12H14BrFN4/c1-15-11(6-12-16-7-17-18(12)2)8-3-4-9(13)10(14)5-8/h3-5,7,11,15H,6H2,1-2H3. The molecule has 0 spiro atoms. The molecule has 1 aromatic heterocycles. The minimum absolute atomic E-state index is 0.00972. The fourth-order valence-electron chi connectivity index (χ4n) is 1.80. The molecule has 0 fully saturated rings. The molecule has 0 saturated heterocycles. The van der Waals surface area contributed by atoms with Gasteiger partial charge in [-0.25, -0.2) is 9.37 Å². The van der Waals surface area contributed by atoms with Crippen LogP contribution < -0.4 is 5.32 Å². The predicted molar refractivity (Wildman–Crippen MR) is 70.6 cm³/mol. The summed E-state index contributed by atoms with van der Waals surface area (Å²) in [6.07, 6.45) is 2.18. The molecule has 0 amide bonds. The molecule has 0 aliphatic heterocycles. The molecule has 0 aliphatic rings. The lowest BCUT2D eigenvalue weighted by Gasteiger charge is -2.16. The van der Waals surface area contributed by atoms with Crippen molar-refractivity contribution >= 4 is 15.9 Å². The number of benzene rings is 1. The molecule has 1 unspecified atom stereocenters. The summed E-state index contributed by atoms with van der Waals surface area (Å²) in [6.45, 7) is 0. The largest absolute Gasteiger partial charge is 0.313 e. The van der Waals surface area contributed by atoms with Crippen LogP contribution in [0.5, 0.6) is 0 Å². The molecule has 6 heteroatoms. The summed E-state index contributed by atoms with van der Waals surface area (Å²) >= 11 is 3.15. The normalized spacial score (nSPS) is 12.7. The predicted octanol–water partition coefficient (Wildman–Crippen LogP) is 2.22. The zero-order chi connectivity index (χ0) is 13.1. The first-order valence-corrected chi connectivity index (χ1v) is 6.36. The number of hydrogen-bond acceptors (Lipinski definition) is 3. The van der Waals surface area contributed by atoms with Gasteiger partial charge >= 0.3 is 0 Å². The van der Waals surface area contributed by atoms with Gasteiger partial charge in [0, 0.05) is 19.5 Å². The maximum absolute atomic E-state index is 13.5. The summed E-state index contributed by atoms with van der Waals surface area (Å²) < 4.78 is 15.7. The zero-order valence-electron chi connectivity index (χ0n) is 10.2. The number of hydrogen-bond donors (Lipinski definition) is 1. The molecule has 1 heterocycles. The van der Waals surface area contributed by atoms with Crippen molar-refractivity contribution in [1.29, 1.82) is 0 Å². The van der Waals surface area contributed by atoms with Crippen LogP contribution in [0.25, 0.3) is 0 Å². The van der Waals surface area contributed by atoms with Crippen molar-refractivity contribution in [3.05, 3.63) is 46.2 Å². The maximum atomic E-state index is 13.5. The van der Waals surface area contributed by atoms with Crippen molar-refractivity contribution in [2.75, 3.05) is 7.05 Å². The van der Waals surface area contributed by atoms with E-state index in [9.17, 15) is 4.39 Å². The fraction of sp³-hybridized carbons (Fsp3) is 0.333. The maximum Gasteiger partial charge on any atom is 0.138 e. The van der Waals surface area contributed by atoms with E-state index in [0.29, 0.717) is 10.9 Å². The van der Waals surface area contributed by atoms with Crippen LogP contribution >= 0.6 is 15.9 Å². The van der Waals surface area contributed by atoms with Crippen LogP contribution in [0.15, 0.2) is 29.0 Å². The van der Waals surface area contributed by atoms with Crippen LogP contribution in [0.3, 0.4) is 0 Å². The number of rotatable bonds is 4. The number of aryl methyl sites for hydroxylation is 1. The molecule has 2 rings (SSSR count). The Morgan fingerprint density at radius 1 is 1.50 bits per heavy atom. The summed E-state index contributed by atoms with van der Waals surface area (Å²) in [6, 6.07) is 5.15. The molecular weight excluding hydrogens is 299 g/mol. The highest BCUT2D eigenvalue weighted by Crippen LogP contribution is 2.22. The Morgan fingerprint density at radius 3 is 2.83 bits per heavy atom. The van der Waals surface area contributed by atoms with E-state index in [4.69, 9.17) is 0 Å². The molecule has 0 aliphatic carbocycles. The average molecular weight is 313 g/mol. The third-order valence-electron chi connectivity index (χ3n) is 2.89. The van der Waals surface area contributed by atoms with Gasteiger partial charge in [0.15, 0.2) is 0 Å². The van der Waals surface area contributed by atoms with Crippen molar-refractivity contribution in [2.24, 2.45) is 7.05 Å². The van der Waals surface area contributed by atoms with E-state index in [0.717, 1.165) is 11.4 Å². The van der Waals surface area contributed by atoms with E-state index in [1.165, 1.54) is 12.4 Å². The molecule has 1 aromatic carbocycles. The zero-order valence-corrected chi connectivity index (χ0v) is 11.8. The van der Waals surface area contributed by atoms with Crippen LogP contribution in [-0.4, -0.2) is 21.8 Å². The van der Waals surface area contributed by atoms with E-state index in [1.807, 2.05) is 20.2 Å². The molecule has 18 heavy (non-hydrogen) atoms. The second-order valence-corrected chi connectivity index (χ2v) is 4.87.